The fraction of sp³-hybridized carbons (Fsp3) is 0.211. The van der Waals surface area contributed by atoms with Crippen LogP contribution in [0.5, 0.6) is 0 Å². The van der Waals surface area contributed by atoms with Crippen LogP contribution in [0.3, 0.4) is 0 Å². The number of hydrogen-bond acceptors (Lipinski definition) is 1. The summed E-state index contributed by atoms with van der Waals surface area (Å²) in [6.45, 7) is 5.83. The second-order valence-electron chi connectivity index (χ2n) is 6.38. The summed E-state index contributed by atoms with van der Waals surface area (Å²) in [6, 6.07) is 18.5. The van der Waals surface area contributed by atoms with Gasteiger partial charge in [-0.2, -0.15) is 0 Å². The van der Waals surface area contributed by atoms with Gasteiger partial charge in [0.25, 0.3) is 0 Å². The van der Waals surface area contributed by atoms with Crippen molar-refractivity contribution in [2.24, 2.45) is 5.41 Å². The number of fused-ring (bicyclic) bond motifs is 1. The smallest absolute Gasteiger partial charge is 0.236 e. The van der Waals surface area contributed by atoms with Gasteiger partial charge in [0.15, 0.2) is 0 Å². The molecule has 0 aliphatic rings. The number of benzene rings is 2. The Labute approximate surface area is 125 Å². The third kappa shape index (κ3) is 2.49. The Morgan fingerprint density at radius 3 is 2.29 bits per heavy atom. The molecule has 2 aromatic carbocycles. The van der Waals surface area contributed by atoms with Gasteiger partial charge in [0, 0.05) is 17.0 Å². The quantitative estimate of drug-likeness (QED) is 0.614. The van der Waals surface area contributed by atoms with Gasteiger partial charge in [-0.15, -0.1) is 0 Å². The van der Waals surface area contributed by atoms with Gasteiger partial charge in [-0.05, 0) is 29.3 Å². The minimum Gasteiger partial charge on any atom is -0.287 e. The van der Waals surface area contributed by atoms with E-state index in [1.165, 1.54) is 11.1 Å². The summed E-state index contributed by atoms with van der Waals surface area (Å²) in [7, 11) is 0. The first-order valence-electron chi connectivity index (χ1n) is 7.18. The van der Waals surface area contributed by atoms with E-state index in [0.29, 0.717) is 0 Å². The molecule has 0 saturated heterocycles. The van der Waals surface area contributed by atoms with Gasteiger partial charge >= 0.3 is 0 Å². The van der Waals surface area contributed by atoms with Crippen LogP contribution in [-0.2, 0) is 0 Å². The molecule has 1 heterocycles. The van der Waals surface area contributed by atoms with Crippen molar-refractivity contribution in [2.45, 2.75) is 20.8 Å². The molecular weight excluding hydrogens is 258 g/mol. The first-order valence-corrected chi connectivity index (χ1v) is 7.18. The van der Waals surface area contributed by atoms with Crippen LogP contribution in [0.4, 0.5) is 0 Å². The summed E-state index contributed by atoms with van der Waals surface area (Å²) in [5.74, 6) is 0.116. The molecule has 0 aliphatic carbocycles. The summed E-state index contributed by atoms with van der Waals surface area (Å²) in [5.41, 5.74) is 2.94. The Balaban J connectivity index is 2.09. The molecule has 0 atom stereocenters. The number of carbonyl (C=O) groups excluding carboxylic acids is 1. The Kier molecular flexibility index (Phi) is 3.17. The zero-order valence-electron chi connectivity index (χ0n) is 12.6. The van der Waals surface area contributed by atoms with E-state index >= 15 is 0 Å². The number of hydrogen-bond donors (Lipinski definition) is 0. The molecule has 0 spiro atoms. The molecular formula is C19H19NO. The molecule has 0 bridgehead atoms. The Bertz CT molecular complexity index is 791. The fourth-order valence-electron chi connectivity index (χ4n) is 2.49. The zero-order chi connectivity index (χ0) is 15.0. The molecule has 0 aliphatic heterocycles. The molecule has 2 nitrogen and oxygen atoms in total. The molecule has 1 aromatic heterocycles. The van der Waals surface area contributed by atoms with Crippen molar-refractivity contribution in [3.63, 3.8) is 0 Å². The van der Waals surface area contributed by atoms with Crippen LogP contribution in [0.1, 0.15) is 25.6 Å². The lowest BCUT2D eigenvalue weighted by atomic mass is 9.95. The van der Waals surface area contributed by atoms with Crippen LogP contribution in [0.25, 0.3) is 22.0 Å². The van der Waals surface area contributed by atoms with E-state index in [1.807, 2.05) is 57.3 Å². The monoisotopic (exact) mass is 277 g/mol. The molecule has 0 amide bonds. The molecule has 0 N–H and O–H groups in total. The van der Waals surface area contributed by atoms with E-state index in [0.717, 1.165) is 10.9 Å². The van der Waals surface area contributed by atoms with Crippen molar-refractivity contribution < 1.29 is 4.79 Å². The van der Waals surface area contributed by atoms with Gasteiger partial charge in [0.1, 0.15) is 0 Å². The van der Waals surface area contributed by atoms with Crippen LogP contribution in [-0.4, -0.2) is 10.5 Å². The maximum absolute atomic E-state index is 12.5. The summed E-state index contributed by atoms with van der Waals surface area (Å²) in [5, 5.41) is 1.09. The third-order valence-corrected chi connectivity index (χ3v) is 3.66. The number of carbonyl (C=O) groups is 1. The average molecular weight is 277 g/mol. The van der Waals surface area contributed by atoms with E-state index < -0.39 is 0 Å². The molecule has 106 valence electrons. The van der Waals surface area contributed by atoms with E-state index in [4.69, 9.17) is 0 Å². The summed E-state index contributed by atoms with van der Waals surface area (Å²) < 4.78 is 1.75. The van der Waals surface area contributed by atoms with Crippen molar-refractivity contribution in [1.29, 1.82) is 0 Å². The van der Waals surface area contributed by atoms with Crippen molar-refractivity contribution in [3.05, 3.63) is 60.8 Å². The molecule has 2 heteroatoms. The van der Waals surface area contributed by atoms with Gasteiger partial charge in [-0.3, -0.25) is 9.36 Å². The topological polar surface area (TPSA) is 22.0 Å². The van der Waals surface area contributed by atoms with Crippen molar-refractivity contribution >= 4 is 16.8 Å². The highest BCUT2D eigenvalue weighted by Crippen LogP contribution is 2.27. The van der Waals surface area contributed by atoms with Gasteiger partial charge < -0.3 is 0 Å². The molecule has 3 rings (SSSR count). The standard InChI is InChI=1S/C19H19NO/c1-19(2,3)18(21)20-12-11-16-13-15(9-10-17(16)20)14-7-5-4-6-8-14/h4-13H,1-3H3. The van der Waals surface area contributed by atoms with Gasteiger partial charge in [0.05, 0.1) is 5.52 Å². The van der Waals surface area contributed by atoms with Crippen LogP contribution >= 0.6 is 0 Å². The maximum Gasteiger partial charge on any atom is 0.236 e. The molecule has 0 unspecified atom stereocenters. The van der Waals surface area contributed by atoms with Crippen LogP contribution in [0.2, 0.25) is 0 Å². The second-order valence-corrected chi connectivity index (χ2v) is 6.38. The van der Waals surface area contributed by atoms with E-state index in [-0.39, 0.29) is 11.3 Å². The lowest BCUT2D eigenvalue weighted by Gasteiger charge is -2.17. The first-order chi connectivity index (χ1) is 9.97. The Morgan fingerprint density at radius 1 is 0.905 bits per heavy atom. The number of aromatic nitrogens is 1. The highest BCUT2D eigenvalue weighted by Gasteiger charge is 2.23. The minimum absolute atomic E-state index is 0.116. The highest BCUT2D eigenvalue weighted by atomic mass is 16.2. The maximum atomic E-state index is 12.5. The Hall–Kier alpha value is -2.35. The SMILES string of the molecule is CC(C)(C)C(=O)n1ccc2cc(-c3ccccc3)ccc21. The molecule has 0 fully saturated rings. The lowest BCUT2D eigenvalue weighted by molar-refractivity contribution is 0.0772. The summed E-state index contributed by atoms with van der Waals surface area (Å²) in [6.07, 6.45) is 1.87. The average Bonchev–Trinajstić information content (AvgIpc) is 2.89. The van der Waals surface area contributed by atoms with E-state index in [9.17, 15) is 4.79 Å². The number of nitrogens with zero attached hydrogens (tertiary/aromatic N) is 1. The third-order valence-electron chi connectivity index (χ3n) is 3.66. The molecule has 3 aromatic rings. The predicted molar refractivity (Wildman–Crippen MR) is 87.5 cm³/mol. The molecule has 0 saturated carbocycles. The van der Waals surface area contributed by atoms with Crippen molar-refractivity contribution in [1.82, 2.24) is 4.57 Å². The predicted octanol–water partition coefficient (Wildman–Crippen LogP) is 4.99. The largest absolute Gasteiger partial charge is 0.287 e. The summed E-state index contributed by atoms with van der Waals surface area (Å²) in [4.78, 5) is 12.5. The first kappa shape index (κ1) is 13.6. The normalized spacial score (nSPS) is 11.8. The number of rotatable bonds is 1. The van der Waals surface area contributed by atoms with Gasteiger partial charge in [0.2, 0.25) is 5.91 Å². The van der Waals surface area contributed by atoms with Crippen molar-refractivity contribution in [3.8, 4) is 11.1 Å². The lowest BCUT2D eigenvalue weighted by Crippen LogP contribution is -2.25. The van der Waals surface area contributed by atoms with Gasteiger partial charge in [-0.25, -0.2) is 0 Å². The van der Waals surface area contributed by atoms with Crippen LogP contribution < -0.4 is 0 Å². The molecule has 0 radical (unpaired) electrons. The Morgan fingerprint density at radius 2 is 1.62 bits per heavy atom. The van der Waals surface area contributed by atoms with Crippen LogP contribution in [0, 0.1) is 5.41 Å². The van der Waals surface area contributed by atoms with E-state index in [1.54, 1.807) is 4.57 Å². The van der Waals surface area contributed by atoms with Crippen LogP contribution in [0.15, 0.2) is 60.8 Å². The molecule has 21 heavy (non-hydrogen) atoms. The van der Waals surface area contributed by atoms with E-state index in [2.05, 4.69) is 24.3 Å². The zero-order valence-corrected chi connectivity index (χ0v) is 12.6. The van der Waals surface area contributed by atoms with Crippen molar-refractivity contribution in [2.75, 3.05) is 0 Å². The fourth-order valence-corrected chi connectivity index (χ4v) is 2.49. The minimum atomic E-state index is -0.385. The highest BCUT2D eigenvalue weighted by molar-refractivity contribution is 5.96. The second kappa shape index (κ2) is 4.88. The summed E-state index contributed by atoms with van der Waals surface area (Å²) >= 11 is 0. The van der Waals surface area contributed by atoms with Gasteiger partial charge in [-0.1, -0.05) is 57.2 Å².